The smallest absolute Gasteiger partial charge is 0.305 e. The molecule has 0 rings (SSSR count). The lowest BCUT2D eigenvalue weighted by Crippen LogP contribution is -2.45. The lowest BCUT2D eigenvalue weighted by atomic mass is 10.0. The highest BCUT2D eigenvalue weighted by Crippen LogP contribution is 2.16. The van der Waals surface area contributed by atoms with Gasteiger partial charge < -0.3 is 20.3 Å². The molecule has 64 heavy (non-hydrogen) atoms. The molecule has 0 saturated carbocycles. The fraction of sp³-hybridized carbons (Fsp3) is 0.862. The molecule has 0 aliphatic rings. The van der Waals surface area contributed by atoms with Crippen LogP contribution < -0.4 is 5.32 Å². The Balaban J connectivity index is 3.44. The molecule has 0 spiro atoms. The third kappa shape index (κ3) is 49.5. The number of unbranched alkanes of at least 4 members (excludes halogenated alkanes) is 35. The van der Waals surface area contributed by atoms with Gasteiger partial charge in [0.05, 0.1) is 25.4 Å². The predicted octanol–water partition coefficient (Wildman–Crippen LogP) is 17.2. The van der Waals surface area contributed by atoms with E-state index in [4.69, 9.17) is 4.74 Å². The molecule has 0 radical (unpaired) electrons. The molecule has 0 bridgehead atoms. The third-order valence-corrected chi connectivity index (χ3v) is 12.9. The van der Waals surface area contributed by atoms with Gasteiger partial charge in [0.15, 0.2) is 0 Å². The first-order chi connectivity index (χ1) is 31.5. The minimum absolute atomic E-state index is 0.00941. The van der Waals surface area contributed by atoms with Gasteiger partial charge in [-0.1, -0.05) is 243 Å². The largest absolute Gasteiger partial charge is 0.466 e. The molecule has 6 nitrogen and oxygen atoms in total. The molecule has 0 aromatic carbocycles. The van der Waals surface area contributed by atoms with Gasteiger partial charge >= 0.3 is 5.97 Å². The summed E-state index contributed by atoms with van der Waals surface area (Å²) in [6.07, 6.45) is 65.6. The summed E-state index contributed by atoms with van der Waals surface area (Å²) in [5, 5.41) is 23.2. The number of ether oxygens (including phenoxy) is 1. The average molecular weight is 901 g/mol. The van der Waals surface area contributed by atoms with E-state index >= 15 is 0 Å². The summed E-state index contributed by atoms with van der Waals surface area (Å²) in [6.45, 7) is 4.87. The minimum Gasteiger partial charge on any atom is -0.466 e. The van der Waals surface area contributed by atoms with Crippen molar-refractivity contribution in [1.82, 2.24) is 5.32 Å². The molecule has 0 aliphatic carbocycles. The molecule has 0 saturated heterocycles. The maximum atomic E-state index is 12.5. The number of aliphatic hydroxyl groups excluding tert-OH is 2. The number of aliphatic hydroxyl groups is 2. The molecule has 0 aromatic rings. The van der Waals surface area contributed by atoms with Crippen LogP contribution in [0.15, 0.2) is 36.5 Å². The van der Waals surface area contributed by atoms with Crippen molar-refractivity contribution in [3.8, 4) is 0 Å². The van der Waals surface area contributed by atoms with E-state index in [-0.39, 0.29) is 18.5 Å². The average Bonchev–Trinajstić information content (AvgIpc) is 3.29. The van der Waals surface area contributed by atoms with E-state index in [0.29, 0.717) is 25.9 Å². The fourth-order valence-electron chi connectivity index (χ4n) is 8.55. The maximum Gasteiger partial charge on any atom is 0.305 e. The van der Waals surface area contributed by atoms with Crippen LogP contribution in [0.2, 0.25) is 0 Å². The van der Waals surface area contributed by atoms with E-state index in [0.717, 1.165) is 51.4 Å². The first-order valence-electron chi connectivity index (χ1n) is 28.2. The van der Waals surface area contributed by atoms with Crippen molar-refractivity contribution < 1.29 is 24.5 Å². The van der Waals surface area contributed by atoms with Gasteiger partial charge in [0.1, 0.15) is 0 Å². The molecule has 2 atom stereocenters. The second kappa shape index (κ2) is 53.7. The quantitative estimate of drug-likeness (QED) is 0.0321. The lowest BCUT2D eigenvalue weighted by molar-refractivity contribution is -0.143. The number of hydrogen-bond acceptors (Lipinski definition) is 5. The molecule has 6 heteroatoms. The first-order valence-corrected chi connectivity index (χ1v) is 28.2. The molecule has 376 valence electrons. The van der Waals surface area contributed by atoms with E-state index in [9.17, 15) is 19.8 Å². The zero-order valence-electron chi connectivity index (χ0n) is 42.8. The highest BCUT2D eigenvalue weighted by molar-refractivity contribution is 5.76. The molecule has 0 aromatic heterocycles. The van der Waals surface area contributed by atoms with Gasteiger partial charge in [-0.05, 0) is 77.0 Å². The summed E-state index contributed by atoms with van der Waals surface area (Å²) in [5.74, 6) is -0.0531. The number of allylic oxidation sites excluding steroid dienone is 6. The fourth-order valence-corrected chi connectivity index (χ4v) is 8.55. The number of rotatable bonds is 52. The Morgan fingerprint density at radius 1 is 0.438 bits per heavy atom. The molecular weight excluding hydrogens is 791 g/mol. The van der Waals surface area contributed by atoms with Gasteiger partial charge in [0.25, 0.3) is 0 Å². The monoisotopic (exact) mass is 900 g/mol. The lowest BCUT2D eigenvalue weighted by Gasteiger charge is -2.22. The number of carbonyl (C=O) groups is 2. The second-order valence-electron chi connectivity index (χ2n) is 19.3. The summed E-state index contributed by atoms with van der Waals surface area (Å²) in [6, 6.07) is -0.548. The van der Waals surface area contributed by atoms with Crippen LogP contribution in [0.3, 0.4) is 0 Å². The Morgan fingerprint density at radius 2 is 0.812 bits per heavy atom. The zero-order chi connectivity index (χ0) is 46.5. The summed E-state index contributed by atoms with van der Waals surface area (Å²) < 4.78 is 5.46. The topological polar surface area (TPSA) is 95.9 Å². The van der Waals surface area contributed by atoms with Crippen molar-refractivity contribution in [2.75, 3.05) is 13.2 Å². The van der Waals surface area contributed by atoms with Crippen molar-refractivity contribution in [2.24, 2.45) is 0 Å². The van der Waals surface area contributed by atoms with Crippen LogP contribution in [0.4, 0.5) is 0 Å². The number of carbonyl (C=O) groups excluding carboxylic acids is 2. The van der Waals surface area contributed by atoms with Crippen molar-refractivity contribution >= 4 is 11.9 Å². The van der Waals surface area contributed by atoms with E-state index in [2.05, 4.69) is 55.6 Å². The van der Waals surface area contributed by atoms with Crippen LogP contribution in [-0.4, -0.2) is 47.4 Å². The van der Waals surface area contributed by atoms with Gasteiger partial charge in [0, 0.05) is 12.8 Å². The molecule has 1 amide bonds. The number of nitrogens with one attached hydrogen (secondary N) is 1. The van der Waals surface area contributed by atoms with Crippen LogP contribution in [0.1, 0.15) is 296 Å². The summed E-state index contributed by atoms with van der Waals surface area (Å²) in [4.78, 5) is 24.5. The molecule has 0 fully saturated rings. The zero-order valence-corrected chi connectivity index (χ0v) is 42.8. The van der Waals surface area contributed by atoms with Crippen LogP contribution >= 0.6 is 0 Å². The van der Waals surface area contributed by atoms with Crippen LogP contribution in [0, 0.1) is 0 Å². The summed E-state index contributed by atoms with van der Waals surface area (Å²) in [7, 11) is 0. The van der Waals surface area contributed by atoms with E-state index in [1.54, 1.807) is 0 Å². The number of hydrogen-bond donors (Lipinski definition) is 3. The Morgan fingerprint density at radius 3 is 1.27 bits per heavy atom. The normalized spacial score (nSPS) is 12.9. The van der Waals surface area contributed by atoms with Gasteiger partial charge in [-0.25, -0.2) is 0 Å². The SMILES string of the molecule is CCC/C=C\C/C=C\CCCCCCCC(=O)OCCCCCCCCCCC/C=C\CCCCCCCCCC(=O)NC(CO)C(O)CCCCCCCCCCCCCCCC. The van der Waals surface area contributed by atoms with Gasteiger partial charge in [-0.2, -0.15) is 0 Å². The Labute approximate surface area is 398 Å². The number of esters is 1. The Hall–Kier alpha value is -1.92. The van der Waals surface area contributed by atoms with Crippen molar-refractivity contribution in [2.45, 2.75) is 309 Å². The van der Waals surface area contributed by atoms with Gasteiger partial charge in [-0.3, -0.25) is 9.59 Å². The third-order valence-electron chi connectivity index (χ3n) is 12.9. The molecular formula is C58H109NO5. The van der Waals surface area contributed by atoms with E-state index in [1.807, 2.05) is 0 Å². The van der Waals surface area contributed by atoms with Crippen LogP contribution in [-0.2, 0) is 14.3 Å². The highest BCUT2D eigenvalue weighted by Gasteiger charge is 2.20. The molecule has 2 unspecified atom stereocenters. The van der Waals surface area contributed by atoms with Gasteiger partial charge in [-0.15, -0.1) is 0 Å². The Kier molecular flexibility index (Phi) is 52.1. The van der Waals surface area contributed by atoms with Crippen molar-refractivity contribution in [1.29, 1.82) is 0 Å². The molecule has 0 aliphatic heterocycles. The maximum absolute atomic E-state index is 12.5. The van der Waals surface area contributed by atoms with Crippen LogP contribution in [0.5, 0.6) is 0 Å². The highest BCUT2D eigenvalue weighted by atomic mass is 16.5. The van der Waals surface area contributed by atoms with Gasteiger partial charge in [0.2, 0.25) is 5.91 Å². The molecule has 0 heterocycles. The summed E-state index contributed by atoms with van der Waals surface area (Å²) in [5.41, 5.74) is 0. The van der Waals surface area contributed by atoms with Crippen LogP contribution in [0.25, 0.3) is 0 Å². The summed E-state index contributed by atoms with van der Waals surface area (Å²) >= 11 is 0. The van der Waals surface area contributed by atoms with Crippen molar-refractivity contribution in [3.05, 3.63) is 36.5 Å². The van der Waals surface area contributed by atoms with Crippen molar-refractivity contribution in [3.63, 3.8) is 0 Å². The Bertz CT molecular complexity index is 1040. The first kappa shape index (κ1) is 62.1. The second-order valence-corrected chi connectivity index (χ2v) is 19.3. The minimum atomic E-state index is -0.670. The standard InChI is InChI=1S/C58H109NO5/c1-3-5-7-9-11-13-15-17-27-30-34-38-42-46-50-56(61)55(54-60)59-57(62)51-47-43-39-35-31-28-24-22-20-18-19-21-23-25-29-33-37-41-45-49-53-64-58(63)52-48-44-40-36-32-26-16-14-12-10-8-6-4-2/h8,10,14,16,18,20,55-56,60-61H,3-7,9,11-13,15,17,19,21-54H2,1-2H3,(H,59,62)/b10-8-,16-14-,20-18-. The number of amides is 1. The molecule has 3 N–H and O–H groups in total. The van der Waals surface area contributed by atoms with E-state index < -0.39 is 12.1 Å². The van der Waals surface area contributed by atoms with E-state index in [1.165, 1.54) is 212 Å². The predicted molar refractivity (Wildman–Crippen MR) is 278 cm³/mol.